The highest BCUT2D eigenvalue weighted by atomic mass is 35.5. The molecule has 0 bridgehead atoms. The van der Waals surface area contributed by atoms with Gasteiger partial charge >= 0.3 is 6.03 Å². The van der Waals surface area contributed by atoms with E-state index in [1.54, 1.807) is 5.32 Å². The van der Waals surface area contributed by atoms with Crippen LogP contribution in [0, 0.1) is 17.5 Å². The SMILES string of the molecule is COCN(C(=O)NC(=O)c1c(F)cccc1F)c1ccc(Cl)cc1F. The number of rotatable bonds is 4. The zero-order valence-electron chi connectivity index (χ0n) is 12.9. The number of imide groups is 1. The van der Waals surface area contributed by atoms with E-state index in [0.29, 0.717) is 0 Å². The normalized spacial score (nSPS) is 10.4. The fourth-order valence-electron chi connectivity index (χ4n) is 2.01. The van der Waals surface area contributed by atoms with Crippen LogP contribution in [0.2, 0.25) is 5.02 Å². The molecule has 3 amide bonds. The van der Waals surface area contributed by atoms with Gasteiger partial charge in [0.2, 0.25) is 0 Å². The van der Waals surface area contributed by atoms with Gasteiger partial charge in [-0.15, -0.1) is 0 Å². The number of methoxy groups -OCH3 is 1. The van der Waals surface area contributed by atoms with Crippen LogP contribution in [0.4, 0.5) is 23.7 Å². The van der Waals surface area contributed by atoms with Crippen molar-refractivity contribution < 1.29 is 27.5 Å². The number of carbonyl (C=O) groups is 2. The maximum absolute atomic E-state index is 14.0. The second kappa shape index (κ2) is 8.00. The molecule has 2 rings (SSSR count). The molecule has 9 heteroatoms. The van der Waals surface area contributed by atoms with Crippen molar-refractivity contribution in [1.82, 2.24) is 5.32 Å². The van der Waals surface area contributed by atoms with E-state index in [9.17, 15) is 22.8 Å². The Balaban J connectivity index is 2.27. The van der Waals surface area contributed by atoms with Crippen LogP contribution >= 0.6 is 11.6 Å². The van der Waals surface area contributed by atoms with Crippen LogP contribution in [0.1, 0.15) is 10.4 Å². The first-order valence-electron chi connectivity index (χ1n) is 6.86. The van der Waals surface area contributed by atoms with Gasteiger partial charge < -0.3 is 4.74 Å². The van der Waals surface area contributed by atoms with Crippen LogP contribution < -0.4 is 10.2 Å². The summed E-state index contributed by atoms with van der Waals surface area (Å²) in [6.07, 6.45) is 0. The van der Waals surface area contributed by atoms with Gasteiger partial charge in [-0.2, -0.15) is 0 Å². The molecule has 2 aromatic carbocycles. The number of nitrogens with zero attached hydrogens (tertiary/aromatic N) is 1. The maximum Gasteiger partial charge on any atom is 0.330 e. The number of hydrogen-bond acceptors (Lipinski definition) is 3. The molecule has 0 saturated heterocycles. The Bertz CT molecular complexity index is 797. The lowest BCUT2D eigenvalue weighted by Crippen LogP contribution is -2.44. The lowest BCUT2D eigenvalue weighted by Gasteiger charge is -2.22. The predicted octanol–water partition coefficient (Wildman–Crippen LogP) is 3.72. The average Bonchev–Trinajstić information content (AvgIpc) is 2.53. The summed E-state index contributed by atoms with van der Waals surface area (Å²) in [4.78, 5) is 25.0. The summed E-state index contributed by atoms with van der Waals surface area (Å²) in [5.74, 6) is -4.43. The molecule has 0 spiro atoms. The predicted molar refractivity (Wildman–Crippen MR) is 85.0 cm³/mol. The molecule has 132 valence electrons. The molecule has 0 atom stereocenters. The highest BCUT2D eigenvalue weighted by molar-refractivity contribution is 6.30. The molecule has 1 N–H and O–H groups in total. The first-order valence-corrected chi connectivity index (χ1v) is 7.23. The van der Waals surface area contributed by atoms with E-state index in [1.165, 1.54) is 19.2 Å². The standard InChI is InChI=1S/C16H12ClF3N2O3/c1-25-8-22(13-6-5-9(17)7-12(13)20)16(24)21-15(23)14-10(18)3-2-4-11(14)19/h2-7H,8H2,1H3,(H,21,23,24). The lowest BCUT2D eigenvalue weighted by atomic mass is 10.2. The van der Waals surface area contributed by atoms with Crippen LogP contribution in [0.3, 0.4) is 0 Å². The van der Waals surface area contributed by atoms with Gasteiger partial charge in [0.25, 0.3) is 5.91 Å². The molecule has 0 aromatic heterocycles. The summed E-state index contributed by atoms with van der Waals surface area (Å²) in [6, 6.07) is 5.17. The Labute approximate surface area is 145 Å². The number of anilines is 1. The zero-order valence-corrected chi connectivity index (χ0v) is 13.6. The molecule has 0 radical (unpaired) electrons. The number of benzene rings is 2. The maximum atomic E-state index is 14.0. The van der Waals surface area contributed by atoms with Gasteiger partial charge in [-0.25, -0.2) is 18.0 Å². The Hall–Kier alpha value is -2.58. The van der Waals surface area contributed by atoms with E-state index in [2.05, 4.69) is 0 Å². The minimum atomic E-state index is -1.31. The van der Waals surface area contributed by atoms with E-state index in [1.807, 2.05) is 0 Å². The van der Waals surface area contributed by atoms with Crippen molar-refractivity contribution in [3.8, 4) is 0 Å². The molecular weight excluding hydrogens is 361 g/mol. The van der Waals surface area contributed by atoms with Gasteiger partial charge in [-0.3, -0.25) is 15.0 Å². The summed E-state index contributed by atoms with van der Waals surface area (Å²) in [7, 11) is 1.24. The number of hydrogen-bond donors (Lipinski definition) is 1. The van der Waals surface area contributed by atoms with Crippen molar-refractivity contribution in [1.29, 1.82) is 0 Å². The monoisotopic (exact) mass is 372 g/mol. The van der Waals surface area contributed by atoms with Gasteiger partial charge in [0.1, 0.15) is 29.7 Å². The summed E-state index contributed by atoms with van der Waals surface area (Å²) in [5, 5.41) is 1.89. The second-order valence-electron chi connectivity index (χ2n) is 4.80. The fourth-order valence-corrected chi connectivity index (χ4v) is 2.17. The minimum absolute atomic E-state index is 0.100. The molecule has 0 aliphatic heterocycles. The van der Waals surface area contributed by atoms with E-state index in [-0.39, 0.29) is 10.7 Å². The zero-order chi connectivity index (χ0) is 18.6. The topological polar surface area (TPSA) is 58.6 Å². The quantitative estimate of drug-likeness (QED) is 0.832. The Morgan fingerprint density at radius 2 is 1.76 bits per heavy atom. The van der Waals surface area contributed by atoms with Crippen LogP contribution in [-0.2, 0) is 4.74 Å². The third kappa shape index (κ3) is 4.28. The molecule has 25 heavy (non-hydrogen) atoms. The molecule has 2 aromatic rings. The summed E-state index contributed by atoms with van der Waals surface area (Å²) in [6.45, 7) is -0.419. The van der Waals surface area contributed by atoms with Gasteiger partial charge in [-0.1, -0.05) is 17.7 Å². The number of nitrogens with one attached hydrogen (secondary N) is 1. The molecule has 0 aliphatic carbocycles. The molecule has 5 nitrogen and oxygen atoms in total. The molecule has 0 saturated carbocycles. The van der Waals surface area contributed by atoms with E-state index in [0.717, 1.165) is 29.2 Å². The van der Waals surface area contributed by atoms with Crippen molar-refractivity contribution in [2.45, 2.75) is 0 Å². The second-order valence-corrected chi connectivity index (χ2v) is 5.23. The van der Waals surface area contributed by atoms with Crippen molar-refractivity contribution in [3.05, 3.63) is 64.4 Å². The van der Waals surface area contributed by atoms with Crippen molar-refractivity contribution >= 4 is 29.2 Å². The number of amides is 3. The Kier molecular flexibility index (Phi) is 6.00. The largest absolute Gasteiger partial charge is 0.364 e. The van der Waals surface area contributed by atoms with Crippen LogP contribution in [0.15, 0.2) is 36.4 Å². The van der Waals surface area contributed by atoms with Gasteiger partial charge in [-0.05, 0) is 30.3 Å². The molecule has 0 unspecified atom stereocenters. The smallest absolute Gasteiger partial charge is 0.330 e. The number of urea groups is 1. The highest BCUT2D eigenvalue weighted by Gasteiger charge is 2.24. The lowest BCUT2D eigenvalue weighted by molar-refractivity contribution is 0.0955. The van der Waals surface area contributed by atoms with Crippen molar-refractivity contribution in [2.24, 2.45) is 0 Å². The average molecular weight is 373 g/mol. The third-order valence-electron chi connectivity index (χ3n) is 3.11. The third-order valence-corrected chi connectivity index (χ3v) is 3.35. The van der Waals surface area contributed by atoms with Crippen LogP contribution in [0.5, 0.6) is 0 Å². The molecule has 0 heterocycles. The van der Waals surface area contributed by atoms with Gasteiger partial charge in [0.05, 0.1) is 5.69 Å². The number of ether oxygens (including phenoxy) is 1. The first kappa shape index (κ1) is 18.8. The van der Waals surface area contributed by atoms with Crippen LogP contribution in [-0.4, -0.2) is 25.8 Å². The van der Waals surface area contributed by atoms with Crippen molar-refractivity contribution in [3.63, 3.8) is 0 Å². The molecule has 0 fully saturated rings. The number of halogens is 4. The highest BCUT2D eigenvalue weighted by Crippen LogP contribution is 2.23. The summed E-state index contributed by atoms with van der Waals surface area (Å²) in [5.41, 5.74) is -1.16. The molecule has 0 aliphatic rings. The summed E-state index contributed by atoms with van der Waals surface area (Å²) < 4.78 is 46.0. The van der Waals surface area contributed by atoms with Gasteiger partial charge in [0, 0.05) is 12.1 Å². The fraction of sp³-hybridized carbons (Fsp3) is 0.125. The van der Waals surface area contributed by atoms with Gasteiger partial charge in [0.15, 0.2) is 0 Å². The number of carbonyl (C=O) groups excluding carboxylic acids is 2. The summed E-state index contributed by atoms with van der Waals surface area (Å²) >= 11 is 5.65. The van der Waals surface area contributed by atoms with E-state index in [4.69, 9.17) is 16.3 Å². The Morgan fingerprint density at radius 3 is 2.32 bits per heavy atom. The van der Waals surface area contributed by atoms with E-state index >= 15 is 0 Å². The first-order chi connectivity index (χ1) is 11.8. The van der Waals surface area contributed by atoms with Crippen molar-refractivity contribution in [2.75, 3.05) is 18.7 Å². The Morgan fingerprint density at radius 1 is 1.12 bits per heavy atom. The minimum Gasteiger partial charge on any atom is -0.364 e. The van der Waals surface area contributed by atoms with E-state index < -0.39 is 41.7 Å². The van der Waals surface area contributed by atoms with Crippen LogP contribution in [0.25, 0.3) is 0 Å². The molecular formula is C16H12ClF3N2O3.